The molecule has 0 atom stereocenters. The smallest absolute Gasteiger partial charge is 0.456 e. The van der Waals surface area contributed by atoms with Crippen LogP contribution >= 0.6 is 0 Å². The Bertz CT molecular complexity index is 722. The molecule has 1 aliphatic rings. The Morgan fingerprint density at radius 2 is 1.50 bits per heavy atom. The Hall–Kier alpha value is -1.50. The largest absolute Gasteiger partial charge is 0.486 e. The van der Waals surface area contributed by atoms with Gasteiger partial charge in [0.1, 0.15) is 17.3 Å². The standard InChI is InChI=1S/C17H16F5OS/c18-16(19,17(20,21)22)11-23-14-7-8-15(24-9-3-4-10-24)13-6-2-1-5-12(13)14/h1-2,5-8H,3-4,9-11H2/q+1. The van der Waals surface area contributed by atoms with Crippen LogP contribution in [0.25, 0.3) is 10.8 Å². The van der Waals surface area contributed by atoms with Crippen LogP contribution < -0.4 is 4.74 Å². The van der Waals surface area contributed by atoms with Crippen molar-refractivity contribution in [2.45, 2.75) is 29.8 Å². The van der Waals surface area contributed by atoms with Crippen LogP contribution in [-0.2, 0) is 10.9 Å². The van der Waals surface area contributed by atoms with Gasteiger partial charge in [0.05, 0.1) is 0 Å². The SMILES string of the molecule is FC(F)(F)C(F)(F)COc1ccc([S+]2CCCC2)c2ccccc12. The van der Waals surface area contributed by atoms with Gasteiger partial charge in [0.25, 0.3) is 0 Å². The summed E-state index contributed by atoms with van der Waals surface area (Å²) in [5, 5.41) is 1.45. The van der Waals surface area contributed by atoms with Crippen molar-refractivity contribution in [3.63, 3.8) is 0 Å². The number of benzene rings is 2. The summed E-state index contributed by atoms with van der Waals surface area (Å²) >= 11 is 0. The molecule has 3 rings (SSSR count). The molecule has 1 heterocycles. The first-order valence-corrected chi connectivity index (χ1v) is 9.12. The van der Waals surface area contributed by atoms with Crippen molar-refractivity contribution < 1.29 is 26.7 Å². The van der Waals surface area contributed by atoms with E-state index in [2.05, 4.69) is 0 Å². The molecule has 0 radical (unpaired) electrons. The van der Waals surface area contributed by atoms with E-state index in [0.29, 0.717) is 5.39 Å². The predicted molar refractivity (Wildman–Crippen MR) is 85.0 cm³/mol. The molecular weight excluding hydrogens is 347 g/mol. The van der Waals surface area contributed by atoms with Crippen LogP contribution in [0.1, 0.15) is 12.8 Å². The molecule has 1 saturated heterocycles. The fourth-order valence-electron chi connectivity index (χ4n) is 2.75. The first-order valence-electron chi connectivity index (χ1n) is 7.56. The molecule has 1 aliphatic heterocycles. The third-order valence-electron chi connectivity index (χ3n) is 4.01. The molecule has 0 spiro atoms. The molecule has 130 valence electrons. The van der Waals surface area contributed by atoms with Gasteiger partial charge in [0.2, 0.25) is 0 Å². The quantitative estimate of drug-likeness (QED) is 0.537. The van der Waals surface area contributed by atoms with Crippen LogP contribution in [0.4, 0.5) is 22.0 Å². The maximum absolute atomic E-state index is 13.1. The van der Waals surface area contributed by atoms with Gasteiger partial charge in [-0.2, -0.15) is 22.0 Å². The Morgan fingerprint density at radius 1 is 0.875 bits per heavy atom. The third kappa shape index (κ3) is 3.31. The first kappa shape index (κ1) is 17.3. The zero-order valence-corrected chi connectivity index (χ0v) is 13.5. The lowest BCUT2D eigenvalue weighted by Gasteiger charge is -2.20. The van der Waals surface area contributed by atoms with Crippen LogP contribution in [-0.4, -0.2) is 30.2 Å². The lowest BCUT2D eigenvalue weighted by atomic mass is 10.1. The Balaban J connectivity index is 1.91. The molecule has 0 saturated carbocycles. The van der Waals surface area contributed by atoms with Gasteiger partial charge in [-0.15, -0.1) is 0 Å². The highest BCUT2D eigenvalue weighted by Gasteiger charge is 2.58. The number of halogens is 5. The summed E-state index contributed by atoms with van der Waals surface area (Å²) in [7, 11) is 0.108. The number of rotatable bonds is 4. The van der Waals surface area contributed by atoms with Gasteiger partial charge >= 0.3 is 12.1 Å². The average Bonchev–Trinajstić information content (AvgIpc) is 3.05. The second-order valence-corrected chi connectivity index (χ2v) is 7.95. The minimum Gasteiger partial charge on any atom is -0.486 e. The Kier molecular flexibility index (Phi) is 4.64. The highest BCUT2D eigenvalue weighted by Crippen LogP contribution is 2.38. The lowest BCUT2D eigenvalue weighted by Crippen LogP contribution is -2.41. The van der Waals surface area contributed by atoms with E-state index in [9.17, 15) is 22.0 Å². The van der Waals surface area contributed by atoms with Crippen molar-refractivity contribution in [2.75, 3.05) is 18.1 Å². The minimum absolute atomic E-state index is 0.0565. The average molecular weight is 363 g/mol. The Morgan fingerprint density at radius 3 is 2.12 bits per heavy atom. The van der Waals surface area contributed by atoms with Crippen molar-refractivity contribution >= 4 is 21.7 Å². The predicted octanol–water partition coefficient (Wildman–Crippen LogP) is 5.19. The molecule has 0 aromatic heterocycles. The number of hydrogen-bond donors (Lipinski definition) is 0. The van der Waals surface area contributed by atoms with Crippen LogP contribution in [0.2, 0.25) is 0 Å². The van der Waals surface area contributed by atoms with Crippen molar-refractivity contribution in [3.8, 4) is 5.75 Å². The summed E-state index contributed by atoms with van der Waals surface area (Å²) in [6, 6.07) is 10.4. The van der Waals surface area contributed by atoms with Crippen LogP contribution in [0.15, 0.2) is 41.3 Å². The van der Waals surface area contributed by atoms with Gasteiger partial charge in [0.15, 0.2) is 11.5 Å². The highest BCUT2D eigenvalue weighted by molar-refractivity contribution is 7.97. The molecule has 24 heavy (non-hydrogen) atoms. The first-order chi connectivity index (χ1) is 11.3. The van der Waals surface area contributed by atoms with E-state index in [0.717, 1.165) is 34.6 Å². The molecule has 0 unspecified atom stereocenters. The molecule has 2 aromatic carbocycles. The number of ether oxygens (including phenoxy) is 1. The minimum atomic E-state index is -5.62. The van der Waals surface area contributed by atoms with E-state index in [1.165, 1.54) is 6.07 Å². The molecule has 1 fully saturated rings. The molecule has 0 N–H and O–H groups in total. The zero-order chi connectivity index (χ0) is 17.4. The van der Waals surface area contributed by atoms with E-state index in [1.807, 2.05) is 12.1 Å². The van der Waals surface area contributed by atoms with E-state index < -0.39 is 18.7 Å². The lowest BCUT2D eigenvalue weighted by molar-refractivity contribution is -0.289. The number of alkyl halides is 5. The summed E-state index contributed by atoms with van der Waals surface area (Å²) in [5.41, 5.74) is 0. The monoisotopic (exact) mass is 363 g/mol. The molecule has 0 amide bonds. The van der Waals surface area contributed by atoms with Crippen LogP contribution in [0, 0.1) is 0 Å². The number of fused-ring (bicyclic) bond motifs is 1. The molecule has 1 nitrogen and oxygen atoms in total. The fourth-order valence-corrected chi connectivity index (χ4v) is 5.24. The molecule has 2 aromatic rings. The molecule has 0 aliphatic carbocycles. The van der Waals surface area contributed by atoms with Crippen molar-refractivity contribution in [2.24, 2.45) is 0 Å². The summed E-state index contributed by atoms with van der Waals surface area (Å²) in [4.78, 5) is 1.14. The van der Waals surface area contributed by atoms with Crippen molar-refractivity contribution in [1.82, 2.24) is 0 Å². The van der Waals surface area contributed by atoms with Crippen molar-refractivity contribution in [1.29, 1.82) is 0 Å². The molecular formula is C17H16F5OS+. The maximum Gasteiger partial charge on any atom is 0.456 e. The molecule has 0 bridgehead atoms. The maximum atomic E-state index is 13.1. The summed E-state index contributed by atoms with van der Waals surface area (Å²) in [6.45, 7) is -1.72. The van der Waals surface area contributed by atoms with E-state index >= 15 is 0 Å². The van der Waals surface area contributed by atoms with E-state index in [1.54, 1.807) is 18.2 Å². The second kappa shape index (κ2) is 6.43. The summed E-state index contributed by atoms with van der Waals surface area (Å²) in [5.74, 6) is -2.63. The van der Waals surface area contributed by atoms with Gasteiger partial charge in [-0.25, -0.2) is 0 Å². The van der Waals surface area contributed by atoms with Gasteiger partial charge in [0, 0.05) is 21.7 Å². The second-order valence-electron chi connectivity index (χ2n) is 5.71. The zero-order valence-electron chi connectivity index (χ0n) is 12.7. The topological polar surface area (TPSA) is 9.23 Å². The van der Waals surface area contributed by atoms with E-state index in [4.69, 9.17) is 4.74 Å². The van der Waals surface area contributed by atoms with Gasteiger partial charge in [-0.1, -0.05) is 18.2 Å². The summed E-state index contributed by atoms with van der Waals surface area (Å²) in [6.07, 6.45) is -3.30. The van der Waals surface area contributed by atoms with Crippen LogP contribution in [0.5, 0.6) is 5.75 Å². The van der Waals surface area contributed by atoms with Gasteiger partial charge in [-0.05, 0) is 31.0 Å². The van der Waals surface area contributed by atoms with Gasteiger partial charge in [-0.3, -0.25) is 0 Å². The van der Waals surface area contributed by atoms with Crippen LogP contribution in [0.3, 0.4) is 0 Å². The fraction of sp³-hybridized carbons (Fsp3) is 0.412. The van der Waals surface area contributed by atoms with Gasteiger partial charge < -0.3 is 4.74 Å². The summed E-state index contributed by atoms with van der Waals surface area (Å²) < 4.78 is 67.9. The third-order valence-corrected chi connectivity index (χ3v) is 6.55. The Labute approximate surface area is 139 Å². The number of hydrogen-bond acceptors (Lipinski definition) is 1. The van der Waals surface area contributed by atoms with Crippen molar-refractivity contribution in [3.05, 3.63) is 36.4 Å². The molecule has 7 heteroatoms. The normalized spacial score (nSPS) is 16.7. The highest BCUT2D eigenvalue weighted by atomic mass is 32.2. The van der Waals surface area contributed by atoms with E-state index in [-0.39, 0.29) is 16.6 Å².